The number of hydrogen-bond acceptors (Lipinski definition) is 3. The Kier molecular flexibility index (Phi) is 5.20. The van der Waals surface area contributed by atoms with Crippen LogP contribution in [0, 0.1) is 0 Å². The Morgan fingerprint density at radius 1 is 1.53 bits per heavy atom. The Balaban J connectivity index is 0.00000180. The third kappa shape index (κ3) is 3.61. The van der Waals surface area contributed by atoms with Crippen molar-refractivity contribution in [3.05, 3.63) is 23.8 Å². The smallest absolute Gasteiger partial charge is 0.244 e. The summed E-state index contributed by atoms with van der Waals surface area (Å²) in [7, 11) is 0. The number of fused-ring (bicyclic) bond motifs is 1. The third-order valence-corrected chi connectivity index (χ3v) is 3.24. The molecule has 0 bridgehead atoms. The van der Waals surface area contributed by atoms with E-state index in [1.54, 1.807) is 6.92 Å². The molecule has 1 aliphatic rings. The minimum atomic E-state index is -0.815. The molecular weight excluding hydrogens is 264 g/mol. The van der Waals surface area contributed by atoms with Gasteiger partial charge in [-0.1, -0.05) is 13.3 Å². The van der Waals surface area contributed by atoms with Gasteiger partial charge in [0.25, 0.3) is 0 Å². The third-order valence-electron chi connectivity index (χ3n) is 3.24. The van der Waals surface area contributed by atoms with Crippen LogP contribution in [0.3, 0.4) is 0 Å². The Labute approximate surface area is 120 Å². The van der Waals surface area contributed by atoms with Crippen LogP contribution < -0.4 is 15.8 Å². The molecule has 0 aliphatic carbocycles. The number of nitrogens with two attached hydrogens (primary N) is 1. The van der Waals surface area contributed by atoms with E-state index in [1.165, 1.54) is 0 Å². The molecule has 1 amide bonds. The molecule has 2 rings (SSSR count). The van der Waals surface area contributed by atoms with Gasteiger partial charge in [0.1, 0.15) is 5.75 Å². The minimum Gasteiger partial charge on any atom is -0.493 e. The van der Waals surface area contributed by atoms with Crippen LogP contribution in [0.25, 0.3) is 0 Å². The maximum absolute atomic E-state index is 12.1. The summed E-state index contributed by atoms with van der Waals surface area (Å²) in [5.74, 6) is 0.778. The molecule has 5 heteroatoms. The Bertz CT molecular complexity index is 461. The van der Waals surface area contributed by atoms with Crippen LogP contribution in [0.1, 0.15) is 32.3 Å². The summed E-state index contributed by atoms with van der Waals surface area (Å²) in [6.45, 7) is 4.50. The SMILES string of the molecule is CCCC(C)(N)C(=O)Nc1ccc2c(c1)CCO2.Cl. The molecule has 0 radical (unpaired) electrons. The zero-order chi connectivity index (χ0) is 13.2. The van der Waals surface area contributed by atoms with Crippen LogP contribution in [-0.4, -0.2) is 18.1 Å². The average Bonchev–Trinajstić information content (AvgIpc) is 2.76. The zero-order valence-electron chi connectivity index (χ0n) is 11.4. The molecule has 0 aromatic heterocycles. The van der Waals surface area contributed by atoms with Gasteiger partial charge >= 0.3 is 0 Å². The Morgan fingerprint density at radius 3 is 2.95 bits per heavy atom. The van der Waals surface area contributed by atoms with E-state index in [4.69, 9.17) is 10.5 Å². The molecular formula is C14H21ClN2O2. The topological polar surface area (TPSA) is 64.4 Å². The first-order chi connectivity index (χ1) is 8.53. The molecule has 1 atom stereocenters. The summed E-state index contributed by atoms with van der Waals surface area (Å²) < 4.78 is 5.43. The molecule has 106 valence electrons. The molecule has 19 heavy (non-hydrogen) atoms. The van der Waals surface area contributed by atoms with Gasteiger partial charge in [-0.05, 0) is 37.1 Å². The van der Waals surface area contributed by atoms with Crippen LogP contribution in [-0.2, 0) is 11.2 Å². The van der Waals surface area contributed by atoms with E-state index >= 15 is 0 Å². The van der Waals surface area contributed by atoms with Crippen molar-refractivity contribution < 1.29 is 9.53 Å². The molecule has 0 saturated heterocycles. The lowest BCUT2D eigenvalue weighted by molar-refractivity contribution is -0.120. The number of ether oxygens (including phenoxy) is 1. The monoisotopic (exact) mass is 284 g/mol. The molecule has 1 heterocycles. The number of carbonyl (C=O) groups excluding carboxylic acids is 1. The van der Waals surface area contributed by atoms with Gasteiger partial charge in [0, 0.05) is 12.1 Å². The summed E-state index contributed by atoms with van der Waals surface area (Å²) in [5, 5.41) is 2.88. The van der Waals surface area contributed by atoms with Crippen LogP contribution >= 0.6 is 12.4 Å². The lowest BCUT2D eigenvalue weighted by Gasteiger charge is -2.22. The summed E-state index contributed by atoms with van der Waals surface area (Å²) in [4.78, 5) is 12.1. The summed E-state index contributed by atoms with van der Waals surface area (Å²) in [6.07, 6.45) is 2.46. The summed E-state index contributed by atoms with van der Waals surface area (Å²) in [5.41, 5.74) is 7.11. The standard InChI is InChI=1S/C14H20N2O2.ClH/c1-3-7-14(2,15)13(17)16-11-4-5-12-10(9-11)6-8-18-12;/h4-5,9H,3,6-8,15H2,1-2H3,(H,16,17);1H. The largest absolute Gasteiger partial charge is 0.493 e. The number of nitrogens with one attached hydrogen (secondary N) is 1. The number of halogens is 1. The molecule has 4 nitrogen and oxygen atoms in total. The number of benzene rings is 1. The minimum absolute atomic E-state index is 0. The maximum Gasteiger partial charge on any atom is 0.244 e. The quantitative estimate of drug-likeness (QED) is 0.893. The lowest BCUT2D eigenvalue weighted by Crippen LogP contribution is -2.48. The molecule has 0 spiro atoms. The van der Waals surface area contributed by atoms with Crippen molar-refractivity contribution in [3.63, 3.8) is 0 Å². The number of hydrogen-bond donors (Lipinski definition) is 2. The van der Waals surface area contributed by atoms with E-state index in [2.05, 4.69) is 5.32 Å². The molecule has 1 aliphatic heterocycles. The van der Waals surface area contributed by atoms with Gasteiger partial charge in [0.15, 0.2) is 0 Å². The van der Waals surface area contributed by atoms with Gasteiger partial charge in [0.2, 0.25) is 5.91 Å². The second-order valence-electron chi connectivity index (χ2n) is 5.04. The summed E-state index contributed by atoms with van der Waals surface area (Å²) >= 11 is 0. The van der Waals surface area contributed by atoms with Crippen molar-refractivity contribution >= 4 is 24.0 Å². The van der Waals surface area contributed by atoms with Crippen molar-refractivity contribution in [3.8, 4) is 5.75 Å². The Morgan fingerprint density at radius 2 is 2.26 bits per heavy atom. The molecule has 0 saturated carbocycles. The first-order valence-corrected chi connectivity index (χ1v) is 6.39. The Hall–Kier alpha value is -1.26. The zero-order valence-corrected chi connectivity index (χ0v) is 12.2. The van der Waals surface area contributed by atoms with Crippen molar-refractivity contribution in [2.75, 3.05) is 11.9 Å². The van der Waals surface area contributed by atoms with E-state index in [0.29, 0.717) is 6.42 Å². The maximum atomic E-state index is 12.1. The van der Waals surface area contributed by atoms with E-state index in [1.807, 2.05) is 25.1 Å². The highest BCUT2D eigenvalue weighted by Gasteiger charge is 2.27. The van der Waals surface area contributed by atoms with E-state index < -0.39 is 5.54 Å². The van der Waals surface area contributed by atoms with Gasteiger partial charge < -0.3 is 15.8 Å². The fourth-order valence-electron chi connectivity index (χ4n) is 2.17. The second kappa shape index (κ2) is 6.26. The molecule has 0 fully saturated rings. The van der Waals surface area contributed by atoms with Crippen LogP contribution in [0.4, 0.5) is 5.69 Å². The normalized spacial score (nSPS) is 15.7. The van der Waals surface area contributed by atoms with Gasteiger partial charge in [-0.25, -0.2) is 0 Å². The lowest BCUT2D eigenvalue weighted by atomic mass is 9.96. The average molecular weight is 285 g/mol. The van der Waals surface area contributed by atoms with Crippen LogP contribution in [0.15, 0.2) is 18.2 Å². The fourth-order valence-corrected chi connectivity index (χ4v) is 2.17. The van der Waals surface area contributed by atoms with Crippen LogP contribution in [0.2, 0.25) is 0 Å². The van der Waals surface area contributed by atoms with Crippen molar-refractivity contribution in [2.24, 2.45) is 5.73 Å². The number of carbonyl (C=O) groups is 1. The van der Waals surface area contributed by atoms with Crippen molar-refractivity contribution in [2.45, 2.75) is 38.6 Å². The van der Waals surface area contributed by atoms with Gasteiger partial charge in [-0.15, -0.1) is 12.4 Å². The van der Waals surface area contributed by atoms with Crippen molar-refractivity contribution in [1.82, 2.24) is 0 Å². The first-order valence-electron chi connectivity index (χ1n) is 6.39. The highest BCUT2D eigenvalue weighted by Crippen LogP contribution is 2.28. The predicted octanol–water partition coefficient (Wildman–Crippen LogP) is 2.50. The van der Waals surface area contributed by atoms with Crippen molar-refractivity contribution in [1.29, 1.82) is 0 Å². The predicted molar refractivity (Wildman–Crippen MR) is 79.0 cm³/mol. The number of amides is 1. The number of rotatable bonds is 4. The molecule has 3 N–H and O–H groups in total. The highest BCUT2D eigenvalue weighted by atomic mass is 35.5. The van der Waals surface area contributed by atoms with E-state index in [0.717, 1.165) is 36.4 Å². The molecule has 1 aromatic rings. The van der Waals surface area contributed by atoms with Gasteiger partial charge in [-0.2, -0.15) is 0 Å². The molecule has 1 aromatic carbocycles. The second-order valence-corrected chi connectivity index (χ2v) is 5.04. The first kappa shape index (κ1) is 15.8. The molecule has 1 unspecified atom stereocenters. The fraction of sp³-hybridized carbons (Fsp3) is 0.500. The van der Waals surface area contributed by atoms with Gasteiger partial charge in [-0.3, -0.25) is 4.79 Å². The van der Waals surface area contributed by atoms with Crippen LogP contribution in [0.5, 0.6) is 5.75 Å². The van der Waals surface area contributed by atoms with Gasteiger partial charge in [0.05, 0.1) is 12.1 Å². The summed E-state index contributed by atoms with van der Waals surface area (Å²) in [6, 6.07) is 5.71. The number of anilines is 1. The van der Waals surface area contributed by atoms with E-state index in [-0.39, 0.29) is 18.3 Å². The highest BCUT2D eigenvalue weighted by molar-refractivity contribution is 5.97. The van der Waals surface area contributed by atoms with E-state index in [9.17, 15) is 4.79 Å².